The number of nitrogens with one attached hydrogen (secondary N) is 1. The second-order valence-electron chi connectivity index (χ2n) is 5.29. The van der Waals surface area contributed by atoms with Crippen molar-refractivity contribution in [2.75, 3.05) is 5.32 Å². The van der Waals surface area contributed by atoms with E-state index in [9.17, 15) is 0 Å². The van der Waals surface area contributed by atoms with Crippen LogP contribution in [0.2, 0.25) is 0 Å². The molecule has 1 N–H and O–H groups in total. The lowest BCUT2D eigenvalue weighted by Gasteiger charge is -2.17. The number of rotatable bonds is 3. The number of fused-ring (bicyclic) bond motifs is 1. The van der Waals surface area contributed by atoms with Crippen molar-refractivity contribution in [3.8, 4) is 6.07 Å². The minimum absolute atomic E-state index is 0.0884. The Hall–Kier alpha value is -2.93. The van der Waals surface area contributed by atoms with Crippen molar-refractivity contribution in [2.45, 2.75) is 19.9 Å². The Morgan fingerprint density at radius 2 is 1.86 bits per heavy atom. The third-order valence-electron chi connectivity index (χ3n) is 3.76. The Balaban J connectivity index is 1.94. The van der Waals surface area contributed by atoms with Crippen molar-refractivity contribution in [2.24, 2.45) is 0 Å². The summed E-state index contributed by atoms with van der Waals surface area (Å²) in [5, 5.41) is 13.4. The molecule has 108 valence electrons. The van der Waals surface area contributed by atoms with Gasteiger partial charge in [0.05, 0.1) is 17.1 Å². The van der Waals surface area contributed by atoms with Gasteiger partial charge in [0.2, 0.25) is 0 Å². The van der Waals surface area contributed by atoms with Crippen molar-refractivity contribution in [3.05, 3.63) is 65.5 Å². The molecule has 22 heavy (non-hydrogen) atoms. The zero-order chi connectivity index (χ0) is 15.5. The number of nitrogens with zero attached hydrogens (tertiary/aromatic N) is 3. The summed E-state index contributed by atoms with van der Waals surface area (Å²) in [5.41, 5.74) is 3.86. The Labute approximate surface area is 129 Å². The van der Waals surface area contributed by atoms with Gasteiger partial charge in [0.25, 0.3) is 0 Å². The number of aromatic nitrogens is 2. The van der Waals surface area contributed by atoms with Crippen LogP contribution in [-0.2, 0) is 0 Å². The fourth-order valence-corrected chi connectivity index (χ4v) is 2.53. The highest BCUT2D eigenvalue weighted by atomic mass is 15.0. The zero-order valence-electron chi connectivity index (χ0n) is 12.5. The monoisotopic (exact) mass is 288 g/mol. The van der Waals surface area contributed by atoms with Crippen LogP contribution in [0.25, 0.3) is 10.9 Å². The molecular weight excluding hydrogens is 272 g/mol. The maximum absolute atomic E-state index is 8.87. The van der Waals surface area contributed by atoms with E-state index in [0.29, 0.717) is 5.56 Å². The van der Waals surface area contributed by atoms with E-state index in [1.54, 1.807) is 6.33 Å². The minimum atomic E-state index is 0.0884. The highest BCUT2D eigenvalue weighted by molar-refractivity contribution is 5.91. The molecule has 0 aliphatic carbocycles. The van der Waals surface area contributed by atoms with E-state index in [1.807, 2.05) is 36.4 Å². The summed E-state index contributed by atoms with van der Waals surface area (Å²) < 4.78 is 0. The molecular formula is C18H16N4. The van der Waals surface area contributed by atoms with Gasteiger partial charge in [0.15, 0.2) is 0 Å². The topological polar surface area (TPSA) is 61.6 Å². The smallest absolute Gasteiger partial charge is 0.138 e. The van der Waals surface area contributed by atoms with Crippen LogP contribution in [0.4, 0.5) is 5.82 Å². The van der Waals surface area contributed by atoms with E-state index in [1.165, 1.54) is 0 Å². The quantitative estimate of drug-likeness (QED) is 0.791. The molecule has 0 saturated heterocycles. The van der Waals surface area contributed by atoms with Crippen LogP contribution in [0, 0.1) is 18.3 Å². The van der Waals surface area contributed by atoms with Crippen molar-refractivity contribution in [1.29, 1.82) is 5.26 Å². The first-order valence-corrected chi connectivity index (χ1v) is 7.16. The molecule has 0 amide bonds. The molecule has 2 aromatic carbocycles. The number of hydrogen-bond acceptors (Lipinski definition) is 4. The fraction of sp³-hybridized carbons (Fsp3) is 0.167. The molecule has 4 nitrogen and oxygen atoms in total. The molecule has 0 aliphatic heterocycles. The van der Waals surface area contributed by atoms with E-state index in [0.717, 1.165) is 27.8 Å². The second-order valence-corrected chi connectivity index (χ2v) is 5.29. The first-order valence-electron chi connectivity index (χ1n) is 7.16. The van der Waals surface area contributed by atoms with Gasteiger partial charge in [-0.1, -0.05) is 24.3 Å². The predicted octanol–water partition coefficient (Wildman–Crippen LogP) is 3.98. The van der Waals surface area contributed by atoms with Gasteiger partial charge in [-0.05, 0) is 43.2 Å². The van der Waals surface area contributed by atoms with Gasteiger partial charge in [-0.2, -0.15) is 5.26 Å². The molecule has 3 aromatic rings. The Morgan fingerprint density at radius 3 is 2.59 bits per heavy atom. The molecule has 4 heteroatoms. The lowest BCUT2D eigenvalue weighted by molar-refractivity contribution is 0.875. The van der Waals surface area contributed by atoms with Gasteiger partial charge in [-0.15, -0.1) is 0 Å². The highest BCUT2D eigenvalue weighted by Crippen LogP contribution is 2.26. The lowest BCUT2D eigenvalue weighted by atomic mass is 10.1. The summed E-state index contributed by atoms with van der Waals surface area (Å²) in [6, 6.07) is 15.9. The Kier molecular flexibility index (Phi) is 3.71. The third-order valence-corrected chi connectivity index (χ3v) is 3.76. The summed E-state index contributed by atoms with van der Waals surface area (Å²) in [5.74, 6) is 0.833. The summed E-state index contributed by atoms with van der Waals surface area (Å²) in [6.07, 6.45) is 1.58. The van der Waals surface area contributed by atoms with Gasteiger partial charge in [-0.25, -0.2) is 9.97 Å². The Bertz CT molecular complexity index is 842. The SMILES string of the molecule is Cc1cccc2ncnc(N[C@H](C)c3ccc(C#N)cc3)c12. The van der Waals surface area contributed by atoms with Crippen molar-refractivity contribution in [1.82, 2.24) is 9.97 Å². The molecule has 1 atom stereocenters. The maximum Gasteiger partial charge on any atom is 0.138 e. The second kappa shape index (κ2) is 5.82. The lowest BCUT2D eigenvalue weighted by Crippen LogP contribution is -2.09. The van der Waals surface area contributed by atoms with Crippen LogP contribution < -0.4 is 5.32 Å². The summed E-state index contributed by atoms with van der Waals surface area (Å²) >= 11 is 0. The van der Waals surface area contributed by atoms with Gasteiger partial charge in [-0.3, -0.25) is 0 Å². The highest BCUT2D eigenvalue weighted by Gasteiger charge is 2.10. The number of nitriles is 1. The summed E-state index contributed by atoms with van der Waals surface area (Å²) in [6.45, 7) is 4.14. The average Bonchev–Trinajstić information content (AvgIpc) is 2.55. The van der Waals surface area contributed by atoms with Crippen LogP contribution in [-0.4, -0.2) is 9.97 Å². The summed E-state index contributed by atoms with van der Waals surface area (Å²) in [4.78, 5) is 8.71. The van der Waals surface area contributed by atoms with Gasteiger partial charge in [0.1, 0.15) is 12.1 Å². The van der Waals surface area contributed by atoms with E-state index < -0.39 is 0 Å². The van der Waals surface area contributed by atoms with Crippen LogP contribution in [0.15, 0.2) is 48.8 Å². The molecule has 0 radical (unpaired) electrons. The molecule has 1 aromatic heterocycles. The Morgan fingerprint density at radius 1 is 1.09 bits per heavy atom. The number of anilines is 1. The molecule has 0 fully saturated rings. The molecule has 0 unspecified atom stereocenters. The minimum Gasteiger partial charge on any atom is -0.363 e. The van der Waals surface area contributed by atoms with E-state index in [2.05, 4.69) is 41.3 Å². The molecule has 1 heterocycles. The van der Waals surface area contributed by atoms with E-state index in [4.69, 9.17) is 5.26 Å². The standard InChI is InChI=1S/C18H16N4/c1-12-4-3-5-16-17(12)18(21-11-20-16)22-13(2)15-8-6-14(10-19)7-9-15/h3-9,11,13H,1-2H3,(H,20,21,22)/t13-/m1/s1. The van der Waals surface area contributed by atoms with Crippen LogP contribution in [0.5, 0.6) is 0 Å². The van der Waals surface area contributed by atoms with Crippen LogP contribution in [0.1, 0.15) is 29.7 Å². The molecule has 3 rings (SSSR count). The van der Waals surface area contributed by atoms with Crippen molar-refractivity contribution in [3.63, 3.8) is 0 Å². The molecule has 0 spiro atoms. The first-order chi connectivity index (χ1) is 10.7. The van der Waals surface area contributed by atoms with E-state index in [-0.39, 0.29) is 6.04 Å². The van der Waals surface area contributed by atoms with Crippen LogP contribution >= 0.6 is 0 Å². The van der Waals surface area contributed by atoms with Gasteiger partial charge >= 0.3 is 0 Å². The summed E-state index contributed by atoms with van der Waals surface area (Å²) in [7, 11) is 0. The molecule has 0 bridgehead atoms. The number of aryl methyl sites for hydroxylation is 1. The molecule has 0 aliphatic rings. The maximum atomic E-state index is 8.87. The van der Waals surface area contributed by atoms with E-state index >= 15 is 0 Å². The van der Waals surface area contributed by atoms with Crippen LogP contribution in [0.3, 0.4) is 0 Å². The largest absolute Gasteiger partial charge is 0.363 e. The number of benzene rings is 2. The average molecular weight is 288 g/mol. The van der Waals surface area contributed by atoms with Crippen molar-refractivity contribution < 1.29 is 0 Å². The molecule has 0 saturated carbocycles. The normalized spacial score (nSPS) is 11.9. The van der Waals surface area contributed by atoms with Gasteiger partial charge in [0, 0.05) is 11.4 Å². The third kappa shape index (κ3) is 2.61. The first kappa shape index (κ1) is 14.0. The zero-order valence-corrected chi connectivity index (χ0v) is 12.5. The van der Waals surface area contributed by atoms with Gasteiger partial charge < -0.3 is 5.32 Å². The van der Waals surface area contributed by atoms with Crippen molar-refractivity contribution >= 4 is 16.7 Å². The predicted molar refractivity (Wildman–Crippen MR) is 87.5 cm³/mol. The fourth-order valence-electron chi connectivity index (χ4n) is 2.53. The number of hydrogen-bond donors (Lipinski definition) is 1.